The molecule has 1 atom stereocenters. The summed E-state index contributed by atoms with van der Waals surface area (Å²) in [6.45, 7) is 6.53. The van der Waals surface area contributed by atoms with E-state index in [0.29, 0.717) is 19.3 Å². The van der Waals surface area contributed by atoms with E-state index in [1.54, 1.807) is 0 Å². The van der Waals surface area contributed by atoms with Crippen LogP contribution in [-0.2, 0) is 28.6 Å². The number of carbonyl (C=O) groups excluding carboxylic acids is 3. The van der Waals surface area contributed by atoms with Crippen molar-refractivity contribution in [2.24, 2.45) is 0 Å². The first kappa shape index (κ1) is 76.8. The lowest BCUT2D eigenvalue weighted by atomic mass is 10.0. The molecule has 462 valence electrons. The van der Waals surface area contributed by atoms with Crippen molar-refractivity contribution in [2.45, 2.75) is 322 Å². The fourth-order valence-corrected chi connectivity index (χ4v) is 9.41. The van der Waals surface area contributed by atoms with Crippen LogP contribution >= 0.6 is 0 Å². The predicted octanol–water partition coefficient (Wildman–Crippen LogP) is 23.6. The van der Waals surface area contributed by atoms with Gasteiger partial charge in [-0.3, -0.25) is 14.4 Å². The monoisotopic (exact) mass is 1120 g/mol. The highest BCUT2D eigenvalue weighted by Crippen LogP contribution is 2.17. The Morgan fingerprint density at radius 1 is 0.259 bits per heavy atom. The third kappa shape index (κ3) is 66.5. The van der Waals surface area contributed by atoms with Crippen LogP contribution in [0.25, 0.3) is 0 Å². The maximum absolute atomic E-state index is 12.9. The average Bonchev–Trinajstić information content (AvgIpc) is 3.47. The fraction of sp³-hybridized carbons (Fsp3) is 0.693. The first-order chi connectivity index (χ1) is 40.0. The molecule has 0 saturated heterocycles. The Morgan fingerprint density at radius 2 is 0.481 bits per heavy atom. The molecule has 0 aliphatic rings. The van der Waals surface area contributed by atoms with Gasteiger partial charge in [-0.05, 0) is 96.3 Å². The molecular formula is C75H126O6. The Kier molecular flexibility index (Phi) is 64.8. The molecule has 0 spiro atoms. The third-order valence-corrected chi connectivity index (χ3v) is 14.5. The van der Waals surface area contributed by atoms with Gasteiger partial charge in [-0.2, -0.15) is 0 Å². The van der Waals surface area contributed by atoms with Crippen molar-refractivity contribution in [2.75, 3.05) is 13.2 Å². The minimum absolute atomic E-state index is 0.0829. The first-order valence-electron chi connectivity index (χ1n) is 34.0. The number of unbranched alkanes of at least 4 members (excludes halogenated alkanes) is 30. The molecule has 0 fully saturated rings. The first-order valence-corrected chi connectivity index (χ1v) is 34.0. The molecule has 1 unspecified atom stereocenters. The van der Waals surface area contributed by atoms with Gasteiger partial charge < -0.3 is 14.2 Å². The van der Waals surface area contributed by atoms with Gasteiger partial charge in [0.25, 0.3) is 0 Å². The zero-order valence-electron chi connectivity index (χ0n) is 53.0. The minimum atomic E-state index is -0.787. The smallest absolute Gasteiger partial charge is 0.306 e. The lowest BCUT2D eigenvalue weighted by molar-refractivity contribution is -0.167. The van der Waals surface area contributed by atoms with Crippen molar-refractivity contribution in [1.82, 2.24) is 0 Å². The van der Waals surface area contributed by atoms with Crippen LogP contribution in [0.1, 0.15) is 316 Å². The van der Waals surface area contributed by atoms with E-state index in [1.807, 2.05) is 0 Å². The Morgan fingerprint density at radius 3 is 0.753 bits per heavy atom. The molecule has 6 nitrogen and oxygen atoms in total. The average molecular weight is 1120 g/mol. The molecule has 0 rings (SSSR count). The maximum atomic E-state index is 12.9. The normalized spacial score (nSPS) is 12.9. The zero-order chi connectivity index (χ0) is 58.5. The summed E-state index contributed by atoms with van der Waals surface area (Å²) in [5, 5.41) is 0. The second-order valence-electron chi connectivity index (χ2n) is 22.4. The largest absolute Gasteiger partial charge is 0.462 e. The highest BCUT2D eigenvalue weighted by Gasteiger charge is 2.19. The Hall–Kier alpha value is -4.19. The van der Waals surface area contributed by atoms with E-state index in [-0.39, 0.29) is 31.1 Å². The van der Waals surface area contributed by atoms with E-state index in [4.69, 9.17) is 14.2 Å². The molecular weight excluding hydrogens is 997 g/mol. The molecule has 6 heteroatoms. The molecule has 0 bridgehead atoms. The van der Waals surface area contributed by atoms with E-state index in [0.717, 1.165) is 135 Å². The predicted molar refractivity (Wildman–Crippen MR) is 353 cm³/mol. The summed E-state index contributed by atoms with van der Waals surface area (Å²) in [5.41, 5.74) is 0. The van der Waals surface area contributed by atoms with E-state index < -0.39 is 6.10 Å². The second kappa shape index (κ2) is 68.3. The molecule has 0 amide bonds. The van der Waals surface area contributed by atoms with Crippen molar-refractivity contribution in [3.05, 3.63) is 122 Å². The van der Waals surface area contributed by atoms with Crippen molar-refractivity contribution in [3.8, 4) is 0 Å². The van der Waals surface area contributed by atoms with E-state index in [1.165, 1.54) is 141 Å². The highest BCUT2D eigenvalue weighted by atomic mass is 16.6. The summed E-state index contributed by atoms with van der Waals surface area (Å²) < 4.78 is 16.9. The molecule has 0 aromatic rings. The molecule has 0 aliphatic carbocycles. The molecule has 0 N–H and O–H groups in total. The van der Waals surface area contributed by atoms with Crippen molar-refractivity contribution in [3.63, 3.8) is 0 Å². The standard InChI is InChI=1S/C75H126O6/c1-4-7-10-13-16-19-22-24-26-28-29-30-31-32-33-34-35-36-37-38-39-40-41-42-43-44-45-47-48-50-53-56-59-62-65-68-74(77)80-71-72(70-79-73(76)67-64-61-58-55-52-21-18-15-12-9-6-3)81-75(78)69-66-63-60-57-54-51-49-46-27-25-23-20-17-14-11-8-5-2/h7,10,16,19,24,26,29-30,32-33,35-36,38-39,41-42,44-45,48,50,72H,4-6,8-9,11-15,17-18,20-23,25,27-28,31,34,37,40,43,46-47,49,51-71H2,1-3H3/b10-7-,19-16-,26-24-,30-29-,33-32-,36-35-,39-38-,42-41-,45-44-,50-48-. The third-order valence-electron chi connectivity index (χ3n) is 14.5. The molecule has 0 saturated carbocycles. The number of rotatable bonds is 61. The molecule has 81 heavy (non-hydrogen) atoms. The van der Waals surface area contributed by atoms with E-state index >= 15 is 0 Å². The van der Waals surface area contributed by atoms with Crippen molar-refractivity contribution >= 4 is 17.9 Å². The maximum Gasteiger partial charge on any atom is 0.306 e. The molecule has 0 aliphatic heterocycles. The summed E-state index contributed by atoms with van der Waals surface area (Å²) in [4.78, 5) is 38.3. The van der Waals surface area contributed by atoms with Gasteiger partial charge in [-0.1, -0.05) is 322 Å². The van der Waals surface area contributed by atoms with Gasteiger partial charge in [0, 0.05) is 19.3 Å². The van der Waals surface area contributed by atoms with Gasteiger partial charge in [0.2, 0.25) is 0 Å². The number of hydrogen-bond donors (Lipinski definition) is 0. The van der Waals surface area contributed by atoms with Crippen LogP contribution in [0.4, 0.5) is 0 Å². The molecule has 0 radical (unpaired) electrons. The van der Waals surface area contributed by atoms with Gasteiger partial charge in [0.15, 0.2) is 6.10 Å². The van der Waals surface area contributed by atoms with Crippen LogP contribution in [0.2, 0.25) is 0 Å². The summed E-state index contributed by atoms with van der Waals surface area (Å²) in [6.07, 6.45) is 95.0. The Labute approximate surface area is 501 Å². The fourth-order valence-electron chi connectivity index (χ4n) is 9.41. The topological polar surface area (TPSA) is 78.9 Å². The molecule has 0 aromatic carbocycles. The van der Waals surface area contributed by atoms with Crippen LogP contribution in [0, 0.1) is 0 Å². The van der Waals surface area contributed by atoms with Crippen molar-refractivity contribution < 1.29 is 28.6 Å². The quantitative estimate of drug-likeness (QED) is 0.0261. The minimum Gasteiger partial charge on any atom is -0.462 e. The molecule has 0 heterocycles. The van der Waals surface area contributed by atoms with Crippen molar-refractivity contribution in [1.29, 1.82) is 0 Å². The zero-order valence-corrected chi connectivity index (χ0v) is 53.0. The van der Waals surface area contributed by atoms with Crippen LogP contribution in [0.5, 0.6) is 0 Å². The van der Waals surface area contributed by atoms with Gasteiger partial charge in [0.1, 0.15) is 13.2 Å². The second-order valence-corrected chi connectivity index (χ2v) is 22.4. The number of ether oxygens (including phenoxy) is 3. The number of hydrogen-bond acceptors (Lipinski definition) is 6. The van der Waals surface area contributed by atoms with Crippen LogP contribution in [0.3, 0.4) is 0 Å². The van der Waals surface area contributed by atoms with Crippen LogP contribution in [-0.4, -0.2) is 37.2 Å². The van der Waals surface area contributed by atoms with Crippen LogP contribution < -0.4 is 0 Å². The van der Waals surface area contributed by atoms with E-state index in [2.05, 4.69) is 142 Å². The Balaban J connectivity index is 4.28. The van der Waals surface area contributed by atoms with Gasteiger partial charge >= 0.3 is 17.9 Å². The summed E-state index contributed by atoms with van der Waals surface area (Å²) in [5.74, 6) is -0.899. The molecule has 0 aromatic heterocycles. The summed E-state index contributed by atoms with van der Waals surface area (Å²) in [7, 11) is 0. The van der Waals surface area contributed by atoms with Gasteiger partial charge in [-0.25, -0.2) is 0 Å². The highest BCUT2D eigenvalue weighted by molar-refractivity contribution is 5.71. The lowest BCUT2D eigenvalue weighted by Gasteiger charge is -2.18. The lowest BCUT2D eigenvalue weighted by Crippen LogP contribution is -2.30. The number of allylic oxidation sites excluding steroid dienone is 20. The SMILES string of the molecule is CC/C=C\C/C=C\C/C=C\C/C=C\C/C=C\C/C=C\C/C=C\C/C=C\C/C=C\C/C=C\CCCCCCC(=O)OCC(COC(=O)CCCCCCCCCCCCC)OC(=O)CCCCCCCCCCCCCCCCCCC. The summed E-state index contributed by atoms with van der Waals surface area (Å²) in [6, 6.07) is 0. The van der Waals surface area contributed by atoms with Gasteiger partial charge in [-0.15, -0.1) is 0 Å². The number of esters is 3. The van der Waals surface area contributed by atoms with E-state index in [9.17, 15) is 14.4 Å². The van der Waals surface area contributed by atoms with Crippen LogP contribution in [0.15, 0.2) is 122 Å². The summed E-state index contributed by atoms with van der Waals surface area (Å²) >= 11 is 0. The van der Waals surface area contributed by atoms with Gasteiger partial charge in [0.05, 0.1) is 0 Å². The number of carbonyl (C=O) groups is 3. The Bertz CT molecular complexity index is 1670.